The first-order valence-corrected chi connectivity index (χ1v) is 30.3. The van der Waals surface area contributed by atoms with Crippen LogP contribution < -0.4 is 105 Å². The van der Waals surface area contributed by atoms with Gasteiger partial charge in [-0.2, -0.15) is 0 Å². The molecule has 0 bridgehead atoms. The van der Waals surface area contributed by atoms with Gasteiger partial charge in [-0.1, -0.05) is 12.5 Å². The summed E-state index contributed by atoms with van der Waals surface area (Å²) in [6.07, 6.45) is 5.06. The fraction of sp³-hybridized carbons (Fsp3) is 0.704. The Morgan fingerprint density at radius 2 is 1.16 bits per heavy atom. The molecular weight excluding hydrogens is 1160 g/mol. The second-order valence-electron chi connectivity index (χ2n) is 21.6. The highest BCUT2D eigenvalue weighted by Crippen LogP contribution is 2.21. The van der Waals surface area contributed by atoms with Gasteiger partial charge in [-0.15, -0.1) is 0 Å². The number of imidazole rings is 1. The average molecular weight is 1260 g/mol. The molecule has 1 aromatic heterocycles. The minimum Gasteiger partial charge on any atom is -0.379 e. The second-order valence-corrected chi connectivity index (χ2v) is 21.6. The highest BCUT2D eigenvalue weighted by Gasteiger charge is 2.40. The maximum absolute atomic E-state index is 14.5. The number of aromatic nitrogens is 2. The fourth-order valence-electron chi connectivity index (χ4n) is 9.31. The lowest BCUT2D eigenvalue weighted by Gasteiger charge is -2.30. The zero-order chi connectivity index (χ0) is 66.3. The van der Waals surface area contributed by atoms with Gasteiger partial charge in [0.1, 0.15) is 60.4 Å². The van der Waals surface area contributed by atoms with E-state index in [-0.39, 0.29) is 89.2 Å². The van der Waals surface area contributed by atoms with Crippen molar-refractivity contribution in [3.8, 4) is 0 Å². The summed E-state index contributed by atoms with van der Waals surface area (Å²) in [5.41, 5.74) is 56.7. The maximum atomic E-state index is 14.5. The summed E-state index contributed by atoms with van der Waals surface area (Å²) < 4.78 is 0. The van der Waals surface area contributed by atoms with Crippen LogP contribution in [0.15, 0.2) is 29.3 Å². The Hall–Kier alpha value is -7.48. The number of carbonyl (C=O) groups is 10. The number of carbonyl (C=O) groups excluding carboxylic acids is 10. The molecule has 1 aliphatic heterocycles. The van der Waals surface area contributed by atoms with E-state index in [4.69, 9.17) is 57.3 Å². The molecule has 2 heterocycles. The molecule has 2 rings (SSSR count). The predicted molar refractivity (Wildman–Crippen MR) is 329 cm³/mol. The highest BCUT2D eigenvalue weighted by atomic mass is 16.3. The lowest BCUT2D eigenvalue weighted by molar-refractivity contribution is -0.142. The highest BCUT2D eigenvalue weighted by molar-refractivity contribution is 6.02. The lowest BCUT2D eigenvalue weighted by Crippen LogP contribution is -2.59. The molecule has 2 unspecified atom stereocenters. The molecule has 89 heavy (non-hydrogen) atoms. The SMILES string of the molecule is NCCCCNC(=O)[C@H](CCCCN)NC(=O)/C(=C\CCN=C(N)N)NC(=O)[C@H](CCCCN)NC(=O)[C@H](Cc1cnc[nH]1)NC(=O)[C@@H]1CCCN1C(=O)[C@H](CCCN)NC(=O)CNC(=O)[C@H](CC(N)O)NC(=O)[C@H](CC(N)O)NC(=O)[C@@H](N)CCCCN. The molecule has 35 nitrogen and oxygen atoms in total. The first kappa shape index (κ1) is 77.6. The summed E-state index contributed by atoms with van der Waals surface area (Å²) in [6.45, 7) is 1.10. The predicted octanol–water partition coefficient (Wildman–Crippen LogP) is -8.73. The summed E-state index contributed by atoms with van der Waals surface area (Å²) in [7, 11) is 0. The zero-order valence-electron chi connectivity index (χ0n) is 50.9. The van der Waals surface area contributed by atoms with Crippen molar-refractivity contribution in [2.45, 2.75) is 183 Å². The van der Waals surface area contributed by atoms with Crippen molar-refractivity contribution in [1.29, 1.82) is 0 Å². The van der Waals surface area contributed by atoms with E-state index in [0.29, 0.717) is 89.7 Å². The van der Waals surface area contributed by atoms with Crippen LogP contribution in [0.5, 0.6) is 0 Å². The quantitative estimate of drug-likeness (QED) is 0.00948. The van der Waals surface area contributed by atoms with E-state index < -0.39 is 139 Å². The molecule has 0 radical (unpaired) electrons. The second kappa shape index (κ2) is 44.0. The van der Waals surface area contributed by atoms with E-state index in [1.54, 1.807) is 0 Å². The van der Waals surface area contributed by atoms with E-state index in [0.717, 1.165) is 0 Å². The van der Waals surface area contributed by atoms with Gasteiger partial charge in [-0.3, -0.25) is 52.9 Å². The molecule has 1 fully saturated rings. The van der Waals surface area contributed by atoms with Crippen LogP contribution >= 0.6 is 0 Å². The summed E-state index contributed by atoms with van der Waals surface area (Å²) in [4.78, 5) is 151. The molecule has 32 N–H and O–H groups in total. The number of aliphatic hydroxyl groups excluding tert-OH is 2. The van der Waals surface area contributed by atoms with Crippen LogP contribution in [-0.2, 0) is 54.4 Å². The van der Waals surface area contributed by atoms with E-state index in [1.807, 2.05) is 0 Å². The Labute approximate surface area is 518 Å². The monoisotopic (exact) mass is 1260 g/mol. The normalized spacial score (nSPS) is 16.1. The molecule has 1 saturated heterocycles. The number of amides is 10. The number of aliphatic hydroxyl groups is 2. The molecule has 0 spiro atoms. The third kappa shape index (κ3) is 31.0. The number of nitrogens with two attached hydrogens (primary N) is 10. The Balaban J connectivity index is 2.38. The largest absolute Gasteiger partial charge is 0.379 e. The van der Waals surface area contributed by atoms with Crippen molar-refractivity contribution in [2.75, 3.05) is 58.9 Å². The number of rotatable bonds is 46. The third-order valence-corrected chi connectivity index (χ3v) is 14.1. The van der Waals surface area contributed by atoms with Crippen LogP contribution in [0.25, 0.3) is 0 Å². The fourth-order valence-corrected chi connectivity index (χ4v) is 9.31. The van der Waals surface area contributed by atoms with Gasteiger partial charge in [-0.05, 0) is 129 Å². The molecule has 504 valence electrons. The standard InChI is InChI=1S/C54H101N23O12/c55-18-4-1-12-33(60)45(81)74-40(28-43(62)79)51(87)75-39(27-42(61)78)47(83)68-30-44(80)70-37(15-9-22-59)53(89)77-25-11-17-41(77)52(88)76-38(26-32-29-65-31-69-32)50(86)73-35(14-3-6-20-57)48(84)72-36(16-10-24-67-54(63)64)49(85)71-34(13-2-5-19-56)46(82)66-23-8-7-21-58/h16,29,31,33-35,37-43,78-79H,1-15,17-28,30,55-62H2,(H,65,69)(H,66,82)(H,68,83)(H,70,80)(H,71,85)(H,72,84)(H,73,86)(H,74,81)(H,75,87)(H,76,88)(H4,63,64,67)/b36-16+/t33-,34-,35-,37-,38-,39-,40-,41-,42?,43?/m0/s1. The number of H-pyrrole nitrogens is 1. The van der Waals surface area contributed by atoms with Gasteiger partial charge in [-0.25, -0.2) is 4.98 Å². The molecule has 10 amide bonds. The minimum atomic E-state index is -1.66. The van der Waals surface area contributed by atoms with Crippen molar-refractivity contribution >= 4 is 65.0 Å². The summed E-state index contributed by atoms with van der Waals surface area (Å²) in [6, 6.07) is -10.4. The Kier molecular flexibility index (Phi) is 38.4. The Bertz CT molecular complexity index is 2410. The Morgan fingerprint density at radius 1 is 0.618 bits per heavy atom. The van der Waals surface area contributed by atoms with Crippen LogP contribution in [0, 0.1) is 0 Å². The number of unbranched alkanes of at least 4 members (excludes halogenated alkanes) is 4. The van der Waals surface area contributed by atoms with Crippen molar-refractivity contribution < 1.29 is 58.2 Å². The van der Waals surface area contributed by atoms with Gasteiger partial charge in [0.2, 0.25) is 53.2 Å². The van der Waals surface area contributed by atoms with E-state index in [2.05, 4.69) is 62.8 Å². The number of likely N-dealkylation sites (tertiary alicyclic amines) is 1. The van der Waals surface area contributed by atoms with Crippen molar-refractivity contribution in [3.63, 3.8) is 0 Å². The van der Waals surface area contributed by atoms with Crippen molar-refractivity contribution in [2.24, 2.45) is 62.3 Å². The Morgan fingerprint density at radius 3 is 1.74 bits per heavy atom. The van der Waals surface area contributed by atoms with Crippen LogP contribution in [0.1, 0.15) is 121 Å². The number of aromatic amines is 1. The summed E-state index contributed by atoms with van der Waals surface area (Å²) in [5, 5.41) is 43.2. The van der Waals surface area contributed by atoms with Gasteiger partial charge in [0, 0.05) is 50.8 Å². The van der Waals surface area contributed by atoms with Gasteiger partial charge >= 0.3 is 0 Å². The topological polar surface area (TPSA) is 624 Å². The van der Waals surface area contributed by atoms with Gasteiger partial charge < -0.3 is 125 Å². The van der Waals surface area contributed by atoms with E-state index in [9.17, 15) is 58.2 Å². The van der Waals surface area contributed by atoms with Gasteiger partial charge in [0.05, 0.1) is 18.9 Å². The van der Waals surface area contributed by atoms with Crippen LogP contribution in [0.4, 0.5) is 0 Å². The molecule has 0 aliphatic carbocycles. The lowest BCUT2D eigenvalue weighted by atomic mass is 10.0. The smallest absolute Gasteiger partial charge is 0.268 e. The number of hydrogen-bond donors (Lipinski definition) is 22. The number of aliphatic imine (C=N–C) groups is 1. The van der Waals surface area contributed by atoms with Crippen LogP contribution in [-0.4, -0.2) is 210 Å². The van der Waals surface area contributed by atoms with E-state index >= 15 is 0 Å². The molecule has 10 atom stereocenters. The maximum Gasteiger partial charge on any atom is 0.268 e. The van der Waals surface area contributed by atoms with Crippen LogP contribution in [0.3, 0.4) is 0 Å². The van der Waals surface area contributed by atoms with E-state index in [1.165, 1.54) is 23.5 Å². The average Bonchev–Trinajstić information content (AvgIpc) is 4.30. The van der Waals surface area contributed by atoms with Gasteiger partial charge in [0.25, 0.3) is 5.91 Å². The number of guanidine groups is 1. The van der Waals surface area contributed by atoms with Crippen molar-refractivity contribution in [1.82, 2.24) is 62.7 Å². The molecule has 0 saturated carbocycles. The molecule has 0 aromatic carbocycles. The molecule has 1 aliphatic rings. The third-order valence-electron chi connectivity index (χ3n) is 14.1. The summed E-state index contributed by atoms with van der Waals surface area (Å²) >= 11 is 0. The molecule has 35 heteroatoms. The van der Waals surface area contributed by atoms with Crippen LogP contribution in [0.2, 0.25) is 0 Å². The number of nitrogens with zero attached hydrogens (tertiary/aromatic N) is 3. The molecule has 1 aromatic rings. The first-order valence-electron chi connectivity index (χ1n) is 30.3. The number of hydrogen-bond acceptors (Lipinski definition) is 22. The first-order chi connectivity index (χ1) is 42.5. The van der Waals surface area contributed by atoms with Gasteiger partial charge in [0.15, 0.2) is 5.96 Å². The minimum absolute atomic E-state index is 0.0116. The summed E-state index contributed by atoms with van der Waals surface area (Å²) in [5.74, 6) is -8.26. The molecular formula is C54H101N23O12. The van der Waals surface area contributed by atoms with Crippen molar-refractivity contribution in [3.05, 3.63) is 30.0 Å². The number of nitrogens with one attached hydrogen (secondary N) is 10. The zero-order valence-corrected chi connectivity index (χ0v) is 50.9.